The summed E-state index contributed by atoms with van der Waals surface area (Å²) in [4.78, 5) is 42.7. The standard InChI is InChI=1S/C15H13BrN4O4/c1-7-3-4-8(21)5-9(7)10(22)6-20-11-12(17-14(20)16)19(2)15(24)18-13(11)23/h3-5,21H,6H2,1-2H3,(H,18,23,24). The molecule has 0 saturated carbocycles. The molecule has 0 aliphatic carbocycles. The molecule has 24 heavy (non-hydrogen) atoms. The van der Waals surface area contributed by atoms with Gasteiger partial charge in [0.1, 0.15) is 5.75 Å². The number of carbonyl (C=O) groups excluding carboxylic acids is 1. The summed E-state index contributed by atoms with van der Waals surface area (Å²) < 4.78 is 2.84. The van der Waals surface area contributed by atoms with Crippen molar-refractivity contribution in [3.05, 3.63) is 54.9 Å². The minimum Gasteiger partial charge on any atom is -0.508 e. The molecule has 1 aromatic carbocycles. The Balaban J connectivity index is 2.14. The lowest BCUT2D eigenvalue weighted by Crippen LogP contribution is -2.29. The fourth-order valence-corrected chi connectivity index (χ4v) is 2.96. The van der Waals surface area contributed by atoms with Crippen LogP contribution in [0.1, 0.15) is 15.9 Å². The average Bonchev–Trinajstić information content (AvgIpc) is 2.85. The van der Waals surface area contributed by atoms with Crippen molar-refractivity contribution in [3.8, 4) is 5.75 Å². The van der Waals surface area contributed by atoms with Crippen molar-refractivity contribution in [1.82, 2.24) is 19.1 Å². The number of imidazole rings is 1. The highest BCUT2D eigenvalue weighted by molar-refractivity contribution is 9.10. The molecule has 0 spiro atoms. The summed E-state index contributed by atoms with van der Waals surface area (Å²) in [6.45, 7) is 1.59. The Labute approximate surface area is 143 Å². The predicted molar refractivity (Wildman–Crippen MR) is 90.5 cm³/mol. The first-order valence-electron chi connectivity index (χ1n) is 6.97. The van der Waals surface area contributed by atoms with Gasteiger partial charge in [-0.1, -0.05) is 6.07 Å². The normalized spacial score (nSPS) is 11.1. The molecule has 3 rings (SSSR count). The molecule has 2 aromatic heterocycles. The van der Waals surface area contributed by atoms with Gasteiger partial charge >= 0.3 is 5.69 Å². The number of hydrogen-bond donors (Lipinski definition) is 2. The molecule has 2 N–H and O–H groups in total. The zero-order valence-corrected chi connectivity index (χ0v) is 14.4. The molecule has 9 heteroatoms. The van der Waals surface area contributed by atoms with Crippen LogP contribution >= 0.6 is 15.9 Å². The number of Topliss-reactive ketones (excluding diaryl/α,β-unsaturated/α-hetero) is 1. The van der Waals surface area contributed by atoms with Gasteiger partial charge in [-0.05, 0) is 40.5 Å². The topological polar surface area (TPSA) is 110 Å². The zero-order valence-electron chi connectivity index (χ0n) is 12.8. The van der Waals surface area contributed by atoms with Crippen molar-refractivity contribution in [2.45, 2.75) is 13.5 Å². The first-order valence-corrected chi connectivity index (χ1v) is 7.76. The van der Waals surface area contributed by atoms with Gasteiger partial charge in [0.15, 0.2) is 21.7 Å². The number of aromatic amines is 1. The van der Waals surface area contributed by atoms with E-state index >= 15 is 0 Å². The number of nitrogens with zero attached hydrogens (tertiary/aromatic N) is 3. The molecule has 124 valence electrons. The van der Waals surface area contributed by atoms with E-state index in [0.29, 0.717) is 11.1 Å². The van der Waals surface area contributed by atoms with Gasteiger partial charge in [-0.25, -0.2) is 9.78 Å². The van der Waals surface area contributed by atoms with E-state index in [9.17, 15) is 19.5 Å². The molecular weight excluding hydrogens is 380 g/mol. The van der Waals surface area contributed by atoms with Crippen LogP contribution in [0.2, 0.25) is 0 Å². The number of rotatable bonds is 3. The number of phenolic OH excluding ortho intramolecular Hbond substituents is 1. The van der Waals surface area contributed by atoms with E-state index in [1.807, 2.05) is 0 Å². The maximum Gasteiger partial charge on any atom is 0.329 e. The van der Waals surface area contributed by atoms with Crippen molar-refractivity contribution in [3.63, 3.8) is 0 Å². The summed E-state index contributed by atoms with van der Waals surface area (Å²) >= 11 is 3.22. The summed E-state index contributed by atoms with van der Waals surface area (Å²) in [6, 6.07) is 4.51. The number of hydrogen-bond acceptors (Lipinski definition) is 5. The average molecular weight is 393 g/mol. The van der Waals surface area contributed by atoms with Crippen molar-refractivity contribution < 1.29 is 9.90 Å². The van der Waals surface area contributed by atoms with Crippen LogP contribution in [0, 0.1) is 6.92 Å². The molecule has 0 radical (unpaired) electrons. The quantitative estimate of drug-likeness (QED) is 0.511. The molecule has 3 aromatic rings. The first-order chi connectivity index (χ1) is 11.3. The molecule has 0 aliphatic heterocycles. The van der Waals surface area contributed by atoms with Gasteiger partial charge in [0.05, 0.1) is 6.54 Å². The maximum atomic E-state index is 12.6. The highest BCUT2D eigenvalue weighted by atomic mass is 79.9. The van der Waals surface area contributed by atoms with E-state index in [1.165, 1.54) is 28.3 Å². The van der Waals surface area contributed by atoms with Crippen LogP contribution in [0.3, 0.4) is 0 Å². The largest absolute Gasteiger partial charge is 0.508 e. The van der Waals surface area contributed by atoms with Gasteiger partial charge in [0.2, 0.25) is 0 Å². The number of fused-ring (bicyclic) bond motifs is 1. The number of ketones is 1. The van der Waals surface area contributed by atoms with Crippen LogP contribution in [-0.4, -0.2) is 30.0 Å². The van der Waals surface area contributed by atoms with Crippen molar-refractivity contribution in [2.75, 3.05) is 0 Å². The third kappa shape index (κ3) is 2.56. The fourth-order valence-electron chi connectivity index (χ4n) is 2.49. The Morgan fingerprint density at radius 1 is 1.38 bits per heavy atom. The van der Waals surface area contributed by atoms with Crippen LogP contribution in [0.25, 0.3) is 11.2 Å². The molecular formula is C15H13BrN4O4. The Morgan fingerprint density at radius 3 is 2.79 bits per heavy atom. The Bertz CT molecular complexity index is 1090. The second-order valence-electron chi connectivity index (χ2n) is 5.38. The van der Waals surface area contributed by atoms with E-state index in [-0.39, 0.29) is 34.0 Å². The third-order valence-electron chi connectivity index (χ3n) is 3.78. The summed E-state index contributed by atoms with van der Waals surface area (Å²) in [5, 5.41) is 9.58. The van der Waals surface area contributed by atoms with Crippen LogP contribution in [-0.2, 0) is 13.6 Å². The van der Waals surface area contributed by atoms with E-state index in [4.69, 9.17) is 0 Å². The molecule has 0 atom stereocenters. The number of benzene rings is 1. The number of carbonyl (C=O) groups is 1. The molecule has 0 aliphatic rings. The highest BCUT2D eigenvalue weighted by Gasteiger charge is 2.19. The lowest BCUT2D eigenvalue weighted by Gasteiger charge is -2.08. The second-order valence-corrected chi connectivity index (χ2v) is 6.09. The van der Waals surface area contributed by atoms with Crippen LogP contribution in [0.15, 0.2) is 32.5 Å². The number of H-pyrrole nitrogens is 1. The third-order valence-corrected chi connectivity index (χ3v) is 4.39. The number of aromatic hydroxyl groups is 1. The van der Waals surface area contributed by atoms with Gasteiger partial charge in [-0.15, -0.1) is 0 Å². The number of nitrogens with one attached hydrogen (secondary N) is 1. The van der Waals surface area contributed by atoms with Gasteiger partial charge in [0.25, 0.3) is 5.56 Å². The minimum atomic E-state index is -0.619. The Hall–Kier alpha value is -2.68. The van der Waals surface area contributed by atoms with E-state index in [0.717, 1.165) is 0 Å². The van der Waals surface area contributed by atoms with Crippen LogP contribution in [0.4, 0.5) is 0 Å². The van der Waals surface area contributed by atoms with Crippen molar-refractivity contribution >= 4 is 32.9 Å². The number of halogens is 1. The van der Waals surface area contributed by atoms with Gasteiger partial charge in [0, 0.05) is 12.6 Å². The summed E-state index contributed by atoms with van der Waals surface area (Å²) in [7, 11) is 1.48. The molecule has 0 saturated heterocycles. The lowest BCUT2D eigenvalue weighted by atomic mass is 10.0. The fraction of sp³-hybridized carbons (Fsp3) is 0.200. The van der Waals surface area contributed by atoms with Crippen molar-refractivity contribution in [1.29, 1.82) is 0 Å². The SMILES string of the molecule is Cc1ccc(O)cc1C(=O)Cn1c(Br)nc2c1c(=O)[nH]c(=O)n2C. The summed E-state index contributed by atoms with van der Waals surface area (Å²) in [5.41, 5.74) is 0.155. The number of aromatic nitrogens is 4. The Kier molecular flexibility index (Phi) is 3.88. The highest BCUT2D eigenvalue weighted by Crippen LogP contribution is 2.20. The molecule has 8 nitrogen and oxygen atoms in total. The number of phenols is 1. The molecule has 0 fully saturated rings. The molecule has 0 bridgehead atoms. The zero-order chi connectivity index (χ0) is 17.6. The van der Waals surface area contributed by atoms with Gasteiger partial charge in [-0.2, -0.15) is 0 Å². The molecule has 0 amide bonds. The van der Waals surface area contributed by atoms with E-state index < -0.39 is 11.2 Å². The molecule has 2 heterocycles. The van der Waals surface area contributed by atoms with E-state index in [2.05, 4.69) is 25.9 Å². The summed E-state index contributed by atoms with van der Waals surface area (Å²) in [6.07, 6.45) is 0. The van der Waals surface area contributed by atoms with Gasteiger partial charge < -0.3 is 9.67 Å². The molecule has 0 unspecified atom stereocenters. The summed E-state index contributed by atoms with van der Waals surface area (Å²) in [5.74, 6) is -0.310. The predicted octanol–water partition coefficient (Wildman–Crippen LogP) is 1.08. The van der Waals surface area contributed by atoms with Crippen LogP contribution < -0.4 is 11.2 Å². The monoisotopic (exact) mass is 392 g/mol. The first kappa shape index (κ1) is 16.2. The smallest absolute Gasteiger partial charge is 0.329 e. The lowest BCUT2D eigenvalue weighted by molar-refractivity contribution is 0.0971. The van der Waals surface area contributed by atoms with E-state index in [1.54, 1.807) is 13.0 Å². The maximum absolute atomic E-state index is 12.6. The van der Waals surface area contributed by atoms with Crippen LogP contribution in [0.5, 0.6) is 5.75 Å². The minimum absolute atomic E-state index is 0.0150. The van der Waals surface area contributed by atoms with Gasteiger partial charge in [-0.3, -0.25) is 19.1 Å². The number of aryl methyl sites for hydroxylation is 2. The Morgan fingerprint density at radius 2 is 2.08 bits per heavy atom. The second kappa shape index (κ2) is 5.75. The van der Waals surface area contributed by atoms with Crippen molar-refractivity contribution in [2.24, 2.45) is 7.05 Å².